The third-order valence-electron chi connectivity index (χ3n) is 3.75. The first kappa shape index (κ1) is 14.1. The molecule has 0 amide bonds. The van der Waals surface area contributed by atoms with E-state index in [1.54, 1.807) is 4.52 Å². The molecule has 0 spiro atoms. The smallest absolute Gasteiger partial charge is 0.303 e. The molecule has 1 aliphatic rings. The molecule has 20 heavy (non-hydrogen) atoms. The van der Waals surface area contributed by atoms with Crippen LogP contribution in [-0.4, -0.2) is 22.2 Å². The molecule has 2 aromatic rings. The molecule has 6 N–H and O–H groups in total. The lowest BCUT2D eigenvalue weighted by molar-refractivity contribution is -0.564. The van der Waals surface area contributed by atoms with Gasteiger partial charge in [-0.15, -0.1) is 4.52 Å². The van der Waals surface area contributed by atoms with Crippen molar-refractivity contribution in [3.8, 4) is 0 Å². The summed E-state index contributed by atoms with van der Waals surface area (Å²) in [6.07, 6.45) is 6.04. The van der Waals surface area contributed by atoms with Crippen molar-refractivity contribution in [1.29, 1.82) is 0 Å². The van der Waals surface area contributed by atoms with Crippen molar-refractivity contribution in [2.45, 2.75) is 37.8 Å². The molecule has 0 saturated heterocycles. The summed E-state index contributed by atoms with van der Waals surface area (Å²) in [5.74, 6) is 1.37. The van der Waals surface area contributed by atoms with Crippen molar-refractivity contribution in [2.75, 3.05) is 11.1 Å². The minimum atomic E-state index is 0.339. The maximum absolute atomic E-state index is 6.12. The number of fused-ring (bicyclic) bond motifs is 1. The van der Waals surface area contributed by atoms with E-state index in [4.69, 9.17) is 11.5 Å². The van der Waals surface area contributed by atoms with Gasteiger partial charge in [0.1, 0.15) is 4.47 Å². The number of aromatic amines is 1. The van der Waals surface area contributed by atoms with Gasteiger partial charge in [-0.3, -0.25) is 0 Å². The van der Waals surface area contributed by atoms with E-state index in [-0.39, 0.29) is 0 Å². The number of hydrogen-bond acceptors (Lipinski definition) is 4. The average molecular weight is 405 g/mol. The lowest BCUT2D eigenvalue weighted by atomic mass is 9.92. The van der Waals surface area contributed by atoms with Crippen molar-refractivity contribution < 1.29 is 4.52 Å². The topological polar surface area (TPSA) is 96.8 Å². The van der Waals surface area contributed by atoms with Gasteiger partial charge in [-0.2, -0.15) is 0 Å². The zero-order valence-electron chi connectivity index (χ0n) is 10.9. The Morgan fingerprint density at radius 1 is 1.30 bits per heavy atom. The lowest BCUT2D eigenvalue weighted by Gasteiger charge is -2.26. The van der Waals surface area contributed by atoms with Gasteiger partial charge in [0, 0.05) is 12.1 Å². The van der Waals surface area contributed by atoms with E-state index in [1.165, 1.54) is 0 Å². The number of nitrogens with two attached hydrogens (primary N) is 2. The summed E-state index contributed by atoms with van der Waals surface area (Å²) < 4.78 is 3.39. The molecule has 108 valence electrons. The van der Waals surface area contributed by atoms with Gasteiger partial charge < -0.3 is 16.8 Å². The molecule has 0 radical (unpaired) electrons. The Morgan fingerprint density at radius 3 is 2.70 bits per heavy atom. The van der Waals surface area contributed by atoms with Crippen LogP contribution >= 0.6 is 31.9 Å². The highest BCUT2D eigenvalue weighted by molar-refractivity contribution is 9.11. The minimum Gasteiger partial charge on any atom is -0.353 e. The fourth-order valence-corrected chi connectivity index (χ4v) is 3.32. The van der Waals surface area contributed by atoms with Crippen molar-refractivity contribution in [3.63, 3.8) is 0 Å². The van der Waals surface area contributed by atoms with E-state index in [0.717, 1.165) is 46.1 Å². The number of hydrogen-bond donors (Lipinski definition) is 4. The fraction of sp³-hybridized carbons (Fsp3) is 0.500. The summed E-state index contributed by atoms with van der Waals surface area (Å²) in [6.45, 7) is 0. The Labute approximate surface area is 133 Å². The molecule has 3 rings (SSSR count). The maximum atomic E-state index is 6.12. The second kappa shape index (κ2) is 5.50. The normalized spacial score (nSPS) is 23.1. The molecule has 0 atom stereocenters. The zero-order valence-corrected chi connectivity index (χ0v) is 14.0. The molecule has 0 aromatic carbocycles. The van der Waals surface area contributed by atoms with Crippen LogP contribution in [0.25, 0.3) is 5.65 Å². The molecule has 2 aromatic heterocycles. The van der Waals surface area contributed by atoms with E-state index >= 15 is 0 Å². The van der Waals surface area contributed by atoms with Crippen LogP contribution in [0.5, 0.6) is 0 Å². The zero-order chi connectivity index (χ0) is 14.3. The fourth-order valence-electron chi connectivity index (χ4n) is 2.57. The van der Waals surface area contributed by atoms with Crippen molar-refractivity contribution in [1.82, 2.24) is 10.1 Å². The molecule has 1 saturated carbocycles. The number of nitrogens with one attached hydrogen (secondary N) is 2. The van der Waals surface area contributed by atoms with Crippen LogP contribution < -0.4 is 21.3 Å². The van der Waals surface area contributed by atoms with Crippen LogP contribution in [0.4, 0.5) is 11.6 Å². The summed E-state index contributed by atoms with van der Waals surface area (Å²) >= 11 is 6.98. The number of nitrogens with zero attached hydrogens (tertiary/aromatic N) is 2. The van der Waals surface area contributed by atoms with Gasteiger partial charge in [0.15, 0.2) is 4.47 Å². The highest BCUT2D eigenvalue weighted by Crippen LogP contribution is 2.29. The highest BCUT2D eigenvalue weighted by Gasteiger charge is 2.24. The van der Waals surface area contributed by atoms with Crippen LogP contribution in [0.15, 0.2) is 15.1 Å². The van der Waals surface area contributed by atoms with Crippen molar-refractivity contribution in [3.05, 3.63) is 15.1 Å². The number of anilines is 2. The molecular weight excluding hydrogens is 388 g/mol. The van der Waals surface area contributed by atoms with E-state index in [2.05, 4.69) is 47.3 Å². The third-order valence-corrected chi connectivity index (χ3v) is 5.12. The van der Waals surface area contributed by atoms with Crippen molar-refractivity contribution in [2.24, 2.45) is 5.73 Å². The average Bonchev–Trinajstić information content (AvgIpc) is 2.80. The summed E-state index contributed by atoms with van der Waals surface area (Å²) in [5.41, 5.74) is 12.8. The van der Waals surface area contributed by atoms with Gasteiger partial charge in [0.05, 0.1) is 6.20 Å². The second-order valence-corrected chi connectivity index (χ2v) is 6.84. The first-order valence-corrected chi connectivity index (χ1v) is 8.20. The van der Waals surface area contributed by atoms with Gasteiger partial charge in [0.2, 0.25) is 5.82 Å². The summed E-state index contributed by atoms with van der Waals surface area (Å²) in [7, 11) is 0. The molecule has 2 heterocycles. The van der Waals surface area contributed by atoms with E-state index < -0.39 is 0 Å². The largest absolute Gasteiger partial charge is 0.353 e. The SMILES string of the molecule is Nc1c(Br)c(NC2CCC(N)CC2)nc2c(Br)c[nH][n+]12. The lowest BCUT2D eigenvalue weighted by Crippen LogP contribution is -2.34. The predicted molar refractivity (Wildman–Crippen MR) is 85.4 cm³/mol. The summed E-state index contributed by atoms with van der Waals surface area (Å²) in [4.78, 5) is 4.62. The Balaban J connectivity index is 1.91. The van der Waals surface area contributed by atoms with E-state index in [0.29, 0.717) is 17.9 Å². The van der Waals surface area contributed by atoms with Crippen LogP contribution in [-0.2, 0) is 0 Å². The first-order chi connectivity index (χ1) is 9.56. The maximum Gasteiger partial charge on any atom is 0.303 e. The molecule has 6 nitrogen and oxygen atoms in total. The summed E-state index contributed by atoms with van der Waals surface area (Å²) in [5, 5.41) is 6.52. The second-order valence-electron chi connectivity index (χ2n) is 5.20. The molecule has 0 unspecified atom stereocenters. The van der Waals surface area contributed by atoms with Gasteiger partial charge in [-0.25, -0.2) is 5.10 Å². The standard InChI is InChI=1S/C12H16Br2N6/c13-8-5-17-20-10(16)9(14)11(19-12(8)20)18-7-3-1-6(15)2-4-7/h5-7H,1-4,15H2,(H3,16,17,18,19)/p+1. The number of rotatable bonds is 2. The van der Waals surface area contributed by atoms with Crippen molar-refractivity contribution >= 4 is 49.1 Å². The van der Waals surface area contributed by atoms with Crippen LogP contribution in [0.1, 0.15) is 25.7 Å². The molecule has 8 heteroatoms. The van der Waals surface area contributed by atoms with Gasteiger partial charge in [-0.1, -0.05) is 4.98 Å². The van der Waals surface area contributed by atoms with Crippen LogP contribution in [0.2, 0.25) is 0 Å². The summed E-state index contributed by atoms with van der Waals surface area (Å²) in [6, 6.07) is 0.740. The Hall–Kier alpha value is -0.860. The number of nitrogen functional groups attached to an aromatic ring is 1. The quantitative estimate of drug-likeness (QED) is 0.575. The molecule has 0 aliphatic heterocycles. The molecule has 1 fully saturated rings. The van der Waals surface area contributed by atoms with Crippen LogP contribution in [0, 0.1) is 0 Å². The van der Waals surface area contributed by atoms with E-state index in [9.17, 15) is 0 Å². The first-order valence-electron chi connectivity index (χ1n) is 6.62. The number of H-pyrrole nitrogens is 1. The van der Waals surface area contributed by atoms with E-state index in [1.807, 2.05) is 6.20 Å². The molecule has 0 bridgehead atoms. The van der Waals surface area contributed by atoms with Gasteiger partial charge in [0.25, 0.3) is 5.82 Å². The Bertz CT molecular complexity index is 632. The highest BCUT2D eigenvalue weighted by atomic mass is 79.9. The monoisotopic (exact) mass is 403 g/mol. The Morgan fingerprint density at radius 2 is 2.00 bits per heavy atom. The number of aromatic nitrogens is 3. The minimum absolute atomic E-state index is 0.339. The molecule has 1 aliphatic carbocycles. The third kappa shape index (κ3) is 2.51. The van der Waals surface area contributed by atoms with Gasteiger partial charge >= 0.3 is 5.65 Å². The predicted octanol–water partition coefficient (Wildman–Crippen LogP) is 1.94. The number of halogens is 2. The Kier molecular flexibility index (Phi) is 3.87. The van der Waals surface area contributed by atoms with Gasteiger partial charge in [-0.05, 0) is 57.5 Å². The van der Waals surface area contributed by atoms with Crippen LogP contribution in [0.3, 0.4) is 0 Å². The molecular formula is C12H17Br2N6+.